The van der Waals surface area contributed by atoms with E-state index in [1.807, 2.05) is 13.0 Å². The van der Waals surface area contributed by atoms with Crippen LogP contribution in [0.3, 0.4) is 0 Å². The Kier molecular flexibility index (Phi) is 6.68. The van der Waals surface area contributed by atoms with Crippen LogP contribution in [0.15, 0.2) is 18.2 Å². The fraction of sp³-hybridized carbons (Fsp3) is 0.467. The minimum atomic E-state index is -0.447. The van der Waals surface area contributed by atoms with Crippen molar-refractivity contribution in [3.8, 4) is 6.07 Å². The average Bonchev–Trinajstić information content (AvgIpc) is 2.46. The monoisotopic (exact) mass is 277 g/mol. The number of carbonyl (C=O) groups is 1. The van der Waals surface area contributed by atoms with Crippen LogP contribution in [0.4, 0.5) is 4.39 Å². The zero-order valence-corrected chi connectivity index (χ0v) is 11.7. The fourth-order valence-electron chi connectivity index (χ4n) is 1.91. The van der Waals surface area contributed by atoms with Gasteiger partial charge < -0.3 is 10.6 Å². The van der Waals surface area contributed by atoms with Crippen LogP contribution in [-0.4, -0.2) is 23.9 Å². The van der Waals surface area contributed by atoms with Gasteiger partial charge in [0.15, 0.2) is 0 Å². The van der Waals surface area contributed by atoms with Crippen molar-refractivity contribution in [2.45, 2.75) is 32.7 Å². The third-order valence-corrected chi connectivity index (χ3v) is 3.12. The molecule has 0 aliphatic carbocycles. The molecule has 5 heteroatoms. The highest BCUT2D eigenvalue weighted by Crippen LogP contribution is 2.13. The van der Waals surface area contributed by atoms with E-state index in [9.17, 15) is 9.18 Å². The summed E-state index contributed by atoms with van der Waals surface area (Å²) in [6, 6.07) is 6.20. The number of halogens is 1. The minimum absolute atomic E-state index is 0.00436. The Morgan fingerprint density at radius 3 is 2.75 bits per heavy atom. The third-order valence-electron chi connectivity index (χ3n) is 3.12. The lowest BCUT2D eigenvalue weighted by Crippen LogP contribution is -2.30. The molecule has 0 aliphatic heterocycles. The first kappa shape index (κ1) is 16.1. The quantitative estimate of drug-likeness (QED) is 0.776. The van der Waals surface area contributed by atoms with Gasteiger partial charge in [0, 0.05) is 25.1 Å². The Balaban J connectivity index is 2.68. The lowest BCUT2D eigenvalue weighted by Gasteiger charge is -2.21. The maximum absolute atomic E-state index is 13.8. The van der Waals surface area contributed by atoms with Crippen molar-refractivity contribution in [3.05, 3.63) is 35.1 Å². The Morgan fingerprint density at radius 2 is 2.20 bits per heavy atom. The normalized spacial score (nSPS) is 10.1. The summed E-state index contributed by atoms with van der Waals surface area (Å²) in [7, 11) is 0. The number of carbonyl (C=O) groups excluding carboxylic acids is 1. The van der Waals surface area contributed by atoms with Gasteiger partial charge in [0.05, 0.1) is 11.6 Å². The molecule has 1 aromatic rings. The molecule has 0 fully saturated rings. The van der Waals surface area contributed by atoms with Crippen LogP contribution in [0.5, 0.6) is 0 Å². The maximum atomic E-state index is 13.8. The highest BCUT2D eigenvalue weighted by molar-refractivity contribution is 5.76. The van der Waals surface area contributed by atoms with Gasteiger partial charge in [0.25, 0.3) is 0 Å². The van der Waals surface area contributed by atoms with E-state index in [2.05, 4.69) is 0 Å². The molecule has 20 heavy (non-hydrogen) atoms. The van der Waals surface area contributed by atoms with Crippen molar-refractivity contribution in [2.24, 2.45) is 5.73 Å². The van der Waals surface area contributed by atoms with Gasteiger partial charge in [-0.1, -0.05) is 6.07 Å². The largest absolute Gasteiger partial charge is 0.339 e. The number of amides is 1. The zero-order valence-electron chi connectivity index (χ0n) is 11.7. The van der Waals surface area contributed by atoms with Crippen LogP contribution in [0.2, 0.25) is 0 Å². The molecule has 1 amide bonds. The van der Waals surface area contributed by atoms with Crippen molar-refractivity contribution in [2.75, 3.05) is 13.1 Å². The number of rotatable bonds is 7. The van der Waals surface area contributed by atoms with Gasteiger partial charge in [0.1, 0.15) is 5.82 Å². The number of hydrogen-bond donors (Lipinski definition) is 1. The summed E-state index contributed by atoms with van der Waals surface area (Å²) in [5.41, 5.74) is 6.10. The molecule has 0 radical (unpaired) electrons. The molecule has 0 aromatic heterocycles. The van der Waals surface area contributed by atoms with Crippen LogP contribution < -0.4 is 5.73 Å². The smallest absolute Gasteiger partial charge is 0.222 e. The SMILES string of the molecule is CCN(Cc1ccc(C#N)cc1F)C(=O)CCCCN. The van der Waals surface area contributed by atoms with E-state index in [-0.39, 0.29) is 18.0 Å². The van der Waals surface area contributed by atoms with Crippen LogP contribution in [0.25, 0.3) is 0 Å². The number of unbranched alkanes of at least 4 members (excludes halogenated alkanes) is 1. The predicted molar refractivity (Wildman–Crippen MR) is 75.1 cm³/mol. The number of hydrogen-bond acceptors (Lipinski definition) is 3. The maximum Gasteiger partial charge on any atom is 0.222 e. The van der Waals surface area contributed by atoms with Gasteiger partial charge in [-0.15, -0.1) is 0 Å². The topological polar surface area (TPSA) is 70.1 Å². The van der Waals surface area contributed by atoms with E-state index >= 15 is 0 Å². The minimum Gasteiger partial charge on any atom is -0.339 e. The number of benzene rings is 1. The third kappa shape index (κ3) is 4.63. The first-order valence-corrected chi connectivity index (χ1v) is 6.78. The molecule has 2 N–H and O–H groups in total. The molecular formula is C15H20FN3O. The van der Waals surface area contributed by atoms with Crippen molar-refractivity contribution < 1.29 is 9.18 Å². The molecule has 0 saturated heterocycles. The predicted octanol–water partition coefficient (Wildman–Crippen LogP) is 2.17. The van der Waals surface area contributed by atoms with Gasteiger partial charge in [-0.2, -0.15) is 5.26 Å². The van der Waals surface area contributed by atoms with Crippen LogP contribution in [-0.2, 0) is 11.3 Å². The molecule has 1 rings (SSSR count). The second-order valence-corrected chi connectivity index (χ2v) is 4.57. The molecule has 0 saturated carbocycles. The van der Waals surface area contributed by atoms with Gasteiger partial charge in [-0.05, 0) is 38.4 Å². The second-order valence-electron chi connectivity index (χ2n) is 4.57. The lowest BCUT2D eigenvalue weighted by atomic mass is 10.1. The van der Waals surface area contributed by atoms with Crippen LogP contribution in [0, 0.1) is 17.1 Å². The molecule has 4 nitrogen and oxygen atoms in total. The highest BCUT2D eigenvalue weighted by Gasteiger charge is 2.14. The summed E-state index contributed by atoms with van der Waals surface area (Å²) in [6.07, 6.45) is 2.00. The van der Waals surface area contributed by atoms with Gasteiger partial charge in [-0.3, -0.25) is 4.79 Å². The summed E-state index contributed by atoms with van der Waals surface area (Å²) in [5.74, 6) is -0.443. The molecule has 1 aromatic carbocycles. The average molecular weight is 277 g/mol. The van der Waals surface area contributed by atoms with Crippen molar-refractivity contribution in [1.29, 1.82) is 5.26 Å². The second kappa shape index (κ2) is 8.28. The van der Waals surface area contributed by atoms with Crippen molar-refractivity contribution >= 4 is 5.91 Å². The Labute approximate surface area is 119 Å². The van der Waals surface area contributed by atoms with Crippen molar-refractivity contribution in [3.63, 3.8) is 0 Å². The van der Waals surface area contributed by atoms with E-state index in [0.717, 1.165) is 12.8 Å². The Morgan fingerprint density at radius 1 is 1.45 bits per heavy atom. The van der Waals surface area contributed by atoms with Gasteiger partial charge in [0.2, 0.25) is 5.91 Å². The van der Waals surface area contributed by atoms with Gasteiger partial charge >= 0.3 is 0 Å². The van der Waals surface area contributed by atoms with E-state index < -0.39 is 5.82 Å². The molecule has 0 spiro atoms. The summed E-state index contributed by atoms with van der Waals surface area (Å²) in [6.45, 7) is 3.20. The molecule has 0 bridgehead atoms. The molecule has 0 unspecified atom stereocenters. The van der Waals surface area contributed by atoms with Crippen LogP contribution >= 0.6 is 0 Å². The van der Waals surface area contributed by atoms with E-state index in [0.29, 0.717) is 25.1 Å². The summed E-state index contributed by atoms with van der Waals surface area (Å²) in [4.78, 5) is 13.6. The fourth-order valence-corrected chi connectivity index (χ4v) is 1.91. The first-order chi connectivity index (χ1) is 9.62. The standard InChI is InChI=1S/C15H20FN3O/c1-2-19(15(20)5-3-4-8-17)11-13-7-6-12(10-18)9-14(13)16/h6-7,9H,2-5,8,11,17H2,1H3. The first-order valence-electron chi connectivity index (χ1n) is 6.78. The summed E-state index contributed by atoms with van der Waals surface area (Å²) in [5, 5.41) is 8.70. The van der Waals surface area contributed by atoms with E-state index in [4.69, 9.17) is 11.0 Å². The molecule has 0 atom stereocenters. The number of nitrogens with zero attached hydrogens (tertiary/aromatic N) is 2. The van der Waals surface area contributed by atoms with Crippen molar-refractivity contribution in [1.82, 2.24) is 4.90 Å². The molecular weight excluding hydrogens is 257 g/mol. The van der Waals surface area contributed by atoms with Gasteiger partial charge in [-0.25, -0.2) is 4.39 Å². The Hall–Kier alpha value is -1.93. The number of nitrogens with two attached hydrogens (primary N) is 1. The molecule has 0 aliphatic rings. The molecule has 108 valence electrons. The van der Waals surface area contributed by atoms with E-state index in [1.165, 1.54) is 6.07 Å². The Bertz CT molecular complexity index is 496. The summed E-state index contributed by atoms with van der Waals surface area (Å²) >= 11 is 0. The zero-order chi connectivity index (χ0) is 15.0. The molecule has 0 heterocycles. The number of nitriles is 1. The van der Waals surface area contributed by atoms with Crippen LogP contribution in [0.1, 0.15) is 37.3 Å². The van der Waals surface area contributed by atoms with E-state index in [1.54, 1.807) is 17.0 Å². The lowest BCUT2D eigenvalue weighted by molar-refractivity contribution is -0.131. The highest BCUT2D eigenvalue weighted by atomic mass is 19.1. The summed E-state index contributed by atoms with van der Waals surface area (Å²) < 4.78 is 13.8.